The van der Waals surface area contributed by atoms with E-state index in [4.69, 9.17) is 5.73 Å². The van der Waals surface area contributed by atoms with Gasteiger partial charge in [0.05, 0.1) is 0 Å². The van der Waals surface area contributed by atoms with Crippen molar-refractivity contribution in [3.63, 3.8) is 0 Å². The number of hydrogen-bond donors (Lipinski definition) is 1. The van der Waals surface area contributed by atoms with Gasteiger partial charge in [0.2, 0.25) is 0 Å². The molecule has 3 rings (SSSR count). The molecule has 2 saturated heterocycles. The van der Waals surface area contributed by atoms with Crippen LogP contribution in [0, 0.1) is 6.92 Å². The molecule has 1 aromatic carbocycles. The highest BCUT2D eigenvalue weighted by molar-refractivity contribution is 5.49. The van der Waals surface area contributed by atoms with E-state index in [1.807, 2.05) is 6.07 Å². The summed E-state index contributed by atoms with van der Waals surface area (Å²) in [7, 11) is 0. The van der Waals surface area contributed by atoms with Gasteiger partial charge in [-0.25, -0.2) is 0 Å². The first-order valence-corrected chi connectivity index (χ1v) is 7.47. The topological polar surface area (TPSA) is 32.5 Å². The van der Waals surface area contributed by atoms with Crippen molar-refractivity contribution in [1.29, 1.82) is 0 Å². The van der Waals surface area contributed by atoms with Crippen molar-refractivity contribution in [3.05, 3.63) is 29.3 Å². The van der Waals surface area contributed by atoms with Crippen LogP contribution in [-0.2, 0) is 6.54 Å². The molecule has 2 atom stereocenters. The second-order valence-electron chi connectivity index (χ2n) is 6.20. The molecule has 0 aliphatic carbocycles. The lowest BCUT2D eigenvalue weighted by Crippen LogP contribution is -2.54. The zero-order valence-corrected chi connectivity index (χ0v) is 12.1. The third kappa shape index (κ3) is 2.49. The lowest BCUT2D eigenvalue weighted by Gasteiger charge is -2.42. The Bertz CT molecular complexity index is 457. The van der Waals surface area contributed by atoms with Crippen molar-refractivity contribution >= 4 is 5.69 Å². The maximum absolute atomic E-state index is 6.02. The van der Waals surface area contributed by atoms with E-state index in [1.165, 1.54) is 43.6 Å². The number of benzene rings is 1. The largest absolute Gasteiger partial charge is 0.399 e. The Morgan fingerprint density at radius 1 is 1.32 bits per heavy atom. The third-order valence-electron chi connectivity index (χ3n) is 4.93. The summed E-state index contributed by atoms with van der Waals surface area (Å²) in [6.07, 6.45) is 2.75. The minimum atomic E-state index is 0.648. The number of nitrogen functional groups attached to an aromatic ring is 1. The summed E-state index contributed by atoms with van der Waals surface area (Å²) in [4.78, 5) is 5.31. The molecule has 2 aliphatic heterocycles. The lowest BCUT2D eigenvalue weighted by atomic mass is 10.0. The second kappa shape index (κ2) is 5.14. The number of fused-ring (bicyclic) bond motifs is 1. The number of nitrogens with zero attached hydrogens (tertiary/aromatic N) is 2. The van der Waals surface area contributed by atoms with Crippen LogP contribution >= 0.6 is 0 Å². The highest BCUT2D eigenvalue weighted by Gasteiger charge is 2.34. The van der Waals surface area contributed by atoms with E-state index in [1.54, 1.807) is 0 Å². The zero-order valence-electron chi connectivity index (χ0n) is 12.1. The molecule has 2 unspecified atom stereocenters. The van der Waals surface area contributed by atoms with Crippen LogP contribution in [0.5, 0.6) is 0 Å². The molecule has 0 aromatic heterocycles. The van der Waals surface area contributed by atoms with Crippen molar-refractivity contribution in [1.82, 2.24) is 9.80 Å². The van der Waals surface area contributed by atoms with Gasteiger partial charge in [-0.15, -0.1) is 0 Å². The SMILES string of the molecule is Cc1c(N)cccc1CN1CC2CCCN2CC1C. The number of hydrogen-bond acceptors (Lipinski definition) is 3. The average Bonchev–Trinajstić information content (AvgIpc) is 2.82. The summed E-state index contributed by atoms with van der Waals surface area (Å²) in [5.74, 6) is 0. The van der Waals surface area contributed by atoms with Gasteiger partial charge < -0.3 is 5.73 Å². The molecule has 3 heteroatoms. The molecular weight excluding hydrogens is 234 g/mol. The summed E-state index contributed by atoms with van der Waals surface area (Å²) in [6.45, 7) is 9.29. The van der Waals surface area contributed by atoms with Gasteiger partial charge in [0, 0.05) is 37.4 Å². The average molecular weight is 259 g/mol. The summed E-state index contributed by atoms with van der Waals surface area (Å²) in [5.41, 5.74) is 9.58. The molecule has 0 saturated carbocycles. The van der Waals surface area contributed by atoms with Gasteiger partial charge in [-0.3, -0.25) is 9.80 Å². The van der Waals surface area contributed by atoms with Crippen LogP contribution in [0.1, 0.15) is 30.9 Å². The highest BCUT2D eigenvalue weighted by Crippen LogP contribution is 2.26. The van der Waals surface area contributed by atoms with Gasteiger partial charge >= 0.3 is 0 Å². The van der Waals surface area contributed by atoms with E-state index in [2.05, 4.69) is 35.8 Å². The highest BCUT2D eigenvalue weighted by atomic mass is 15.3. The van der Waals surface area contributed by atoms with Crippen LogP contribution in [0.4, 0.5) is 5.69 Å². The third-order valence-corrected chi connectivity index (χ3v) is 4.93. The predicted molar refractivity (Wildman–Crippen MR) is 80.1 cm³/mol. The van der Waals surface area contributed by atoms with Crippen LogP contribution in [0.15, 0.2) is 18.2 Å². The van der Waals surface area contributed by atoms with E-state index in [0.717, 1.165) is 18.3 Å². The second-order valence-corrected chi connectivity index (χ2v) is 6.20. The Balaban J connectivity index is 1.73. The van der Waals surface area contributed by atoms with Crippen molar-refractivity contribution in [2.24, 2.45) is 0 Å². The van der Waals surface area contributed by atoms with E-state index in [9.17, 15) is 0 Å². The van der Waals surface area contributed by atoms with Crippen LogP contribution in [0.25, 0.3) is 0 Å². The van der Waals surface area contributed by atoms with Crippen molar-refractivity contribution in [2.75, 3.05) is 25.4 Å². The first-order valence-electron chi connectivity index (χ1n) is 7.47. The Labute approximate surface area is 116 Å². The normalized spacial score (nSPS) is 28.5. The first-order chi connectivity index (χ1) is 9.15. The molecule has 0 spiro atoms. The maximum atomic E-state index is 6.02. The monoisotopic (exact) mass is 259 g/mol. The lowest BCUT2D eigenvalue weighted by molar-refractivity contribution is 0.0539. The molecule has 0 radical (unpaired) electrons. The molecular formula is C16H25N3. The predicted octanol–water partition coefficient (Wildman–Crippen LogP) is 2.25. The fourth-order valence-corrected chi connectivity index (χ4v) is 3.56. The van der Waals surface area contributed by atoms with Gasteiger partial charge in [-0.1, -0.05) is 12.1 Å². The molecule has 2 fully saturated rings. The van der Waals surface area contributed by atoms with E-state index in [-0.39, 0.29) is 0 Å². The standard InChI is InChI=1S/C16H25N3/c1-12-9-18-8-4-6-15(18)11-19(12)10-14-5-3-7-16(17)13(14)2/h3,5,7,12,15H,4,6,8-11,17H2,1-2H3. The first kappa shape index (κ1) is 12.9. The van der Waals surface area contributed by atoms with Gasteiger partial charge in [-0.05, 0) is 50.4 Å². The Kier molecular flexibility index (Phi) is 3.50. The summed E-state index contributed by atoms with van der Waals surface area (Å²) < 4.78 is 0. The van der Waals surface area contributed by atoms with Crippen molar-refractivity contribution < 1.29 is 0 Å². The van der Waals surface area contributed by atoms with Crippen LogP contribution < -0.4 is 5.73 Å². The molecule has 1 aromatic rings. The molecule has 19 heavy (non-hydrogen) atoms. The van der Waals surface area contributed by atoms with Crippen LogP contribution in [-0.4, -0.2) is 41.5 Å². The van der Waals surface area contributed by atoms with Gasteiger partial charge in [-0.2, -0.15) is 0 Å². The van der Waals surface area contributed by atoms with Crippen LogP contribution in [0.2, 0.25) is 0 Å². The Hall–Kier alpha value is -1.06. The minimum absolute atomic E-state index is 0.648. The van der Waals surface area contributed by atoms with Gasteiger partial charge in [0.1, 0.15) is 0 Å². The van der Waals surface area contributed by atoms with Crippen LogP contribution in [0.3, 0.4) is 0 Å². The number of anilines is 1. The maximum Gasteiger partial charge on any atom is 0.0346 e. The van der Waals surface area contributed by atoms with E-state index in [0.29, 0.717) is 6.04 Å². The number of rotatable bonds is 2. The molecule has 2 aliphatic rings. The molecule has 2 heterocycles. The van der Waals surface area contributed by atoms with Gasteiger partial charge in [0.25, 0.3) is 0 Å². The van der Waals surface area contributed by atoms with E-state index < -0.39 is 0 Å². The van der Waals surface area contributed by atoms with Crippen molar-refractivity contribution in [3.8, 4) is 0 Å². The molecule has 2 N–H and O–H groups in total. The Morgan fingerprint density at radius 3 is 3.00 bits per heavy atom. The molecule has 0 bridgehead atoms. The molecule has 0 amide bonds. The van der Waals surface area contributed by atoms with E-state index >= 15 is 0 Å². The number of piperazine rings is 1. The fourth-order valence-electron chi connectivity index (χ4n) is 3.56. The smallest absolute Gasteiger partial charge is 0.0346 e. The molecule has 104 valence electrons. The summed E-state index contributed by atoms with van der Waals surface area (Å²) in [6, 6.07) is 7.73. The number of nitrogens with two attached hydrogens (primary N) is 1. The zero-order chi connectivity index (χ0) is 13.4. The molecule has 3 nitrogen and oxygen atoms in total. The van der Waals surface area contributed by atoms with Crippen molar-refractivity contribution in [2.45, 2.75) is 45.3 Å². The summed E-state index contributed by atoms with van der Waals surface area (Å²) >= 11 is 0. The Morgan fingerprint density at radius 2 is 2.16 bits per heavy atom. The van der Waals surface area contributed by atoms with Gasteiger partial charge in [0.15, 0.2) is 0 Å². The summed E-state index contributed by atoms with van der Waals surface area (Å²) in [5, 5.41) is 0. The quantitative estimate of drug-likeness (QED) is 0.827. The fraction of sp³-hybridized carbons (Fsp3) is 0.625. The minimum Gasteiger partial charge on any atom is -0.399 e.